The second-order valence-corrected chi connectivity index (χ2v) is 8.05. The predicted molar refractivity (Wildman–Crippen MR) is 115 cm³/mol. The van der Waals surface area contributed by atoms with Gasteiger partial charge < -0.3 is 5.32 Å². The summed E-state index contributed by atoms with van der Waals surface area (Å²) in [7, 11) is 0. The second-order valence-electron chi connectivity index (χ2n) is 6.19. The molecule has 0 bridgehead atoms. The van der Waals surface area contributed by atoms with Crippen molar-refractivity contribution in [2.75, 3.05) is 11.1 Å². The van der Waals surface area contributed by atoms with Crippen LogP contribution in [0.5, 0.6) is 0 Å². The first-order valence-electron chi connectivity index (χ1n) is 8.69. The van der Waals surface area contributed by atoms with E-state index in [4.69, 9.17) is 0 Å². The molecule has 1 unspecified atom stereocenters. The highest BCUT2D eigenvalue weighted by molar-refractivity contribution is 9.10. The highest BCUT2D eigenvalue weighted by atomic mass is 79.9. The summed E-state index contributed by atoms with van der Waals surface area (Å²) in [5.74, 6) is 0.0319. The smallest absolute Gasteiger partial charge is 0.262 e. The third kappa shape index (κ3) is 4.59. The van der Waals surface area contributed by atoms with Gasteiger partial charge in [-0.3, -0.25) is 14.2 Å². The molecule has 0 fully saturated rings. The number of carbonyl (C=O) groups excluding carboxylic acids is 1. The molecule has 0 saturated heterocycles. The number of nitrogens with one attached hydrogen (secondary N) is 1. The number of fused-ring (bicyclic) bond motifs is 1. The number of hydrogen-bond acceptors (Lipinski definition) is 4. The lowest BCUT2D eigenvalue weighted by Crippen LogP contribution is -2.26. The van der Waals surface area contributed by atoms with Gasteiger partial charge in [0.05, 0.1) is 16.7 Å². The molecule has 1 heterocycles. The number of amides is 1. The minimum absolute atomic E-state index is 0.00486. The maximum atomic E-state index is 12.9. The molecular weight excluding hydrogens is 426 g/mol. The maximum Gasteiger partial charge on any atom is 0.262 e. The van der Waals surface area contributed by atoms with Crippen LogP contribution in [-0.2, 0) is 4.79 Å². The van der Waals surface area contributed by atoms with Crippen molar-refractivity contribution >= 4 is 50.2 Å². The normalized spacial score (nSPS) is 12.1. The summed E-state index contributed by atoms with van der Waals surface area (Å²) in [4.78, 5) is 29.9. The Balaban J connectivity index is 1.85. The number of hydrogen-bond donors (Lipinski definition) is 1. The van der Waals surface area contributed by atoms with Gasteiger partial charge >= 0.3 is 0 Å². The van der Waals surface area contributed by atoms with Crippen molar-refractivity contribution in [1.29, 1.82) is 0 Å². The molecule has 2 aromatic carbocycles. The first kappa shape index (κ1) is 19.6. The molecule has 0 aliphatic heterocycles. The Morgan fingerprint density at radius 2 is 2.04 bits per heavy atom. The van der Waals surface area contributed by atoms with E-state index in [1.807, 2.05) is 56.3 Å². The van der Waals surface area contributed by atoms with Crippen LogP contribution < -0.4 is 10.9 Å². The summed E-state index contributed by atoms with van der Waals surface area (Å²) < 4.78 is 2.59. The van der Waals surface area contributed by atoms with Gasteiger partial charge in [-0.15, -0.1) is 0 Å². The van der Waals surface area contributed by atoms with E-state index in [-0.39, 0.29) is 23.3 Å². The van der Waals surface area contributed by atoms with Gasteiger partial charge in [-0.05, 0) is 43.7 Å². The number of rotatable bonds is 6. The number of para-hydroxylation sites is 1. The molecular formula is C20H20BrN3O2S. The summed E-state index contributed by atoms with van der Waals surface area (Å²) in [6.07, 6.45) is 0.803. The fraction of sp³-hybridized carbons (Fsp3) is 0.250. The van der Waals surface area contributed by atoms with Crippen LogP contribution in [0, 0.1) is 0 Å². The number of aromatic nitrogens is 2. The van der Waals surface area contributed by atoms with E-state index in [1.165, 1.54) is 11.8 Å². The molecule has 140 valence electrons. The number of carbonyl (C=O) groups is 1. The standard InChI is InChI=1S/C20H20BrN3O2S/c1-3-13(2)24-19(26)16-9-4-5-10-17(16)23-20(24)27-12-18(25)22-15-8-6-7-14(21)11-15/h4-11,13H,3,12H2,1-2H3,(H,22,25). The predicted octanol–water partition coefficient (Wildman–Crippen LogP) is 4.86. The van der Waals surface area contributed by atoms with Crippen molar-refractivity contribution in [1.82, 2.24) is 9.55 Å². The Hall–Kier alpha value is -2.12. The summed E-state index contributed by atoms with van der Waals surface area (Å²) in [5, 5.41) is 4.03. The van der Waals surface area contributed by atoms with E-state index in [9.17, 15) is 9.59 Å². The third-order valence-electron chi connectivity index (χ3n) is 4.25. The number of anilines is 1. The van der Waals surface area contributed by atoms with E-state index < -0.39 is 0 Å². The maximum absolute atomic E-state index is 12.9. The fourth-order valence-corrected chi connectivity index (χ4v) is 3.99. The van der Waals surface area contributed by atoms with Gasteiger partial charge in [0, 0.05) is 16.2 Å². The zero-order chi connectivity index (χ0) is 19.4. The lowest BCUT2D eigenvalue weighted by molar-refractivity contribution is -0.113. The number of halogens is 1. The Morgan fingerprint density at radius 1 is 1.26 bits per heavy atom. The topological polar surface area (TPSA) is 64.0 Å². The van der Waals surface area contributed by atoms with Crippen LogP contribution >= 0.6 is 27.7 Å². The highest BCUT2D eigenvalue weighted by Gasteiger charge is 2.16. The lowest BCUT2D eigenvalue weighted by atomic mass is 10.2. The van der Waals surface area contributed by atoms with Crippen LogP contribution in [0.1, 0.15) is 26.3 Å². The molecule has 3 aromatic rings. The number of thioether (sulfide) groups is 1. The van der Waals surface area contributed by atoms with Crippen LogP contribution in [0.3, 0.4) is 0 Å². The molecule has 27 heavy (non-hydrogen) atoms. The van der Waals surface area contributed by atoms with E-state index in [2.05, 4.69) is 26.2 Å². The Morgan fingerprint density at radius 3 is 2.78 bits per heavy atom. The molecule has 3 rings (SSSR count). The van der Waals surface area contributed by atoms with Crippen molar-refractivity contribution in [3.63, 3.8) is 0 Å². The Kier molecular flexibility index (Phi) is 6.34. The summed E-state index contributed by atoms with van der Waals surface area (Å²) in [5.41, 5.74) is 1.31. The van der Waals surface area contributed by atoms with Gasteiger partial charge in [0.2, 0.25) is 5.91 Å². The molecule has 0 aliphatic carbocycles. The van der Waals surface area contributed by atoms with Gasteiger partial charge in [0.1, 0.15) is 0 Å². The highest BCUT2D eigenvalue weighted by Crippen LogP contribution is 2.23. The van der Waals surface area contributed by atoms with E-state index in [0.29, 0.717) is 16.1 Å². The minimum atomic E-state index is -0.142. The lowest BCUT2D eigenvalue weighted by Gasteiger charge is -2.18. The average molecular weight is 446 g/mol. The van der Waals surface area contributed by atoms with E-state index >= 15 is 0 Å². The zero-order valence-electron chi connectivity index (χ0n) is 15.1. The largest absolute Gasteiger partial charge is 0.325 e. The number of nitrogens with zero attached hydrogens (tertiary/aromatic N) is 2. The van der Waals surface area contributed by atoms with Gasteiger partial charge in [-0.1, -0.05) is 52.8 Å². The molecule has 0 aliphatic rings. The van der Waals surface area contributed by atoms with E-state index in [0.717, 1.165) is 16.6 Å². The summed E-state index contributed by atoms with van der Waals surface area (Å²) in [6, 6.07) is 14.7. The second kappa shape index (κ2) is 8.71. The SMILES string of the molecule is CCC(C)n1c(SCC(=O)Nc2cccc(Br)c2)nc2ccccc2c1=O. The molecule has 0 saturated carbocycles. The van der Waals surface area contributed by atoms with Crippen LogP contribution in [0.4, 0.5) is 5.69 Å². The van der Waals surface area contributed by atoms with Gasteiger partial charge in [-0.25, -0.2) is 4.98 Å². The van der Waals surface area contributed by atoms with Gasteiger partial charge in [0.25, 0.3) is 5.56 Å². The van der Waals surface area contributed by atoms with Crippen molar-refractivity contribution in [2.24, 2.45) is 0 Å². The van der Waals surface area contributed by atoms with Crippen molar-refractivity contribution in [2.45, 2.75) is 31.5 Å². The molecule has 1 N–H and O–H groups in total. The monoisotopic (exact) mass is 445 g/mol. The van der Waals surface area contributed by atoms with Crippen molar-refractivity contribution in [3.05, 3.63) is 63.4 Å². The average Bonchev–Trinajstić information content (AvgIpc) is 2.66. The van der Waals surface area contributed by atoms with Crippen LogP contribution in [0.25, 0.3) is 10.9 Å². The third-order valence-corrected chi connectivity index (χ3v) is 5.69. The molecule has 7 heteroatoms. The van der Waals surface area contributed by atoms with Gasteiger partial charge in [0.15, 0.2) is 5.16 Å². The minimum Gasteiger partial charge on any atom is -0.325 e. The molecule has 0 radical (unpaired) electrons. The van der Waals surface area contributed by atoms with Crippen LogP contribution in [0.2, 0.25) is 0 Å². The van der Waals surface area contributed by atoms with Crippen LogP contribution in [0.15, 0.2) is 63.0 Å². The Bertz CT molecular complexity index is 1040. The first-order chi connectivity index (χ1) is 13.0. The fourth-order valence-electron chi connectivity index (χ4n) is 2.69. The zero-order valence-corrected chi connectivity index (χ0v) is 17.5. The molecule has 5 nitrogen and oxygen atoms in total. The quantitative estimate of drug-likeness (QED) is 0.434. The molecule has 1 atom stereocenters. The summed E-state index contributed by atoms with van der Waals surface area (Å²) in [6.45, 7) is 4.02. The molecule has 0 spiro atoms. The first-order valence-corrected chi connectivity index (χ1v) is 10.5. The van der Waals surface area contributed by atoms with E-state index in [1.54, 1.807) is 10.6 Å². The number of benzene rings is 2. The van der Waals surface area contributed by atoms with Gasteiger partial charge in [-0.2, -0.15) is 0 Å². The van der Waals surface area contributed by atoms with Crippen molar-refractivity contribution < 1.29 is 4.79 Å². The Labute approximate surface area is 170 Å². The summed E-state index contributed by atoms with van der Waals surface area (Å²) >= 11 is 4.67. The van der Waals surface area contributed by atoms with Crippen LogP contribution in [-0.4, -0.2) is 21.2 Å². The molecule has 1 amide bonds. The van der Waals surface area contributed by atoms with Crippen molar-refractivity contribution in [3.8, 4) is 0 Å². The molecule has 1 aromatic heterocycles.